The molecule has 1 atom stereocenters. The second kappa shape index (κ2) is 6.32. The molecule has 0 amide bonds. The quantitative estimate of drug-likeness (QED) is 0.691. The number of Topliss-reactive ketones (excluding diaryl/α,β-unsaturated/α-hetero) is 1. The molecule has 0 radical (unpaired) electrons. The number of nitriles is 1. The first-order valence-corrected chi connectivity index (χ1v) is 8.48. The number of fused-ring (bicyclic) bond motifs is 1. The van der Waals surface area contributed by atoms with Crippen molar-refractivity contribution in [3.8, 4) is 11.8 Å². The van der Waals surface area contributed by atoms with Crippen molar-refractivity contribution in [2.24, 2.45) is 0 Å². The fraction of sp³-hybridized carbons (Fsp3) is 0.150. The zero-order valence-electron chi connectivity index (χ0n) is 13.6. The van der Waals surface area contributed by atoms with E-state index in [1.807, 2.05) is 12.1 Å². The molecular formula is C20H13ClN2O3. The number of nitrogens with zero attached hydrogens (tertiary/aromatic N) is 2. The molecule has 1 aliphatic rings. The molecule has 5 nitrogen and oxygen atoms in total. The van der Waals surface area contributed by atoms with Crippen LogP contribution in [0.4, 0.5) is 0 Å². The summed E-state index contributed by atoms with van der Waals surface area (Å²) in [5.74, 6) is 0.464. The lowest BCUT2D eigenvalue weighted by Gasteiger charge is -2.25. The Bertz CT molecular complexity index is 1090. The molecule has 0 N–H and O–H groups in total. The third-order valence-electron chi connectivity index (χ3n) is 4.63. The van der Waals surface area contributed by atoms with E-state index in [-0.39, 0.29) is 23.7 Å². The topological polar surface area (TPSA) is 76.0 Å². The molecule has 0 fully saturated rings. The minimum absolute atomic E-state index is 0.0523. The van der Waals surface area contributed by atoms with Crippen molar-refractivity contribution in [1.82, 2.24) is 4.57 Å². The van der Waals surface area contributed by atoms with Gasteiger partial charge in [-0.3, -0.25) is 14.2 Å². The van der Waals surface area contributed by atoms with Crippen LogP contribution in [0, 0.1) is 11.3 Å². The fourth-order valence-corrected chi connectivity index (χ4v) is 3.53. The van der Waals surface area contributed by atoms with Gasteiger partial charge in [-0.05, 0) is 48.9 Å². The molecule has 0 saturated carbocycles. The first-order chi connectivity index (χ1) is 12.6. The molecule has 0 aliphatic heterocycles. The van der Waals surface area contributed by atoms with Crippen LogP contribution in [0.3, 0.4) is 0 Å². The number of carbonyl (C=O) groups excluding carboxylic acids is 1. The summed E-state index contributed by atoms with van der Waals surface area (Å²) >= 11 is 5.95. The minimum Gasteiger partial charge on any atom is -0.469 e. The van der Waals surface area contributed by atoms with Crippen molar-refractivity contribution in [3.63, 3.8) is 0 Å². The third kappa shape index (κ3) is 2.65. The van der Waals surface area contributed by atoms with Gasteiger partial charge in [-0.2, -0.15) is 5.26 Å². The average Bonchev–Trinajstić information content (AvgIpc) is 3.17. The van der Waals surface area contributed by atoms with Crippen LogP contribution >= 0.6 is 11.6 Å². The lowest BCUT2D eigenvalue weighted by Crippen LogP contribution is -2.31. The normalized spacial score (nSPS) is 16.2. The number of benzene rings is 1. The Hall–Kier alpha value is -3.10. The molecule has 0 spiro atoms. The number of hydrogen-bond donors (Lipinski definition) is 0. The van der Waals surface area contributed by atoms with Gasteiger partial charge in [0.15, 0.2) is 5.78 Å². The zero-order valence-corrected chi connectivity index (χ0v) is 14.4. The largest absolute Gasteiger partial charge is 0.469 e. The molecule has 128 valence electrons. The van der Waals surface area contributed by atoms with E-state index in [0.29, 0.717) is 34.1 Å². The lowest BCUT2D eigenvalue weighted by atomic mass is 9.83. The summed E-state index contributed by atoms with van der Waals surface area (Å²) in [5, 5.41) is 9.85. The number of halogens is 1. The van der Waals surface area contributed by atoms with Crippen LogP contribution in [0.25, 0.3) is 5.69 Å². The number of hydrogen-bond acceptors (Lipinski definition) is 4. The first kappa shape index (κ1) is 16.4. The van der Waals surface area contributed by atoms with Crippen molar-refractivity contribution in [2.45, 2.75) is 18.8 Å². The Morgan fingerprint density at radius 3 is 2.58 bits per heavy atom. The number of ketones is 1. The van der Waals surface area contributed by atoms with Gasteiger partial charge in [0, 0.05) is 34.3 Å². The van der Waals surface area contributed by atoms with E-state index in [2.05, 4.69) is 0 Å². The molecule has 1 unspecified atom stereocenters. The van der Waals surface area contributed by atoms with Gasteiger partial charge < -0.3 is 4.42 Å². The van der Waals surface area contributed by atoms with Gasteiger partial charge >= 0.3 is 0 Å². The van der Waals surface area contributed by atoms with E-state index >= 15 is 0 Å². The van der Waals surface area contributed by atoms with Gasteiger partial charge in [0.05, 0.1) is 6.26 Å². The molecular weight excluding hydrogens is 352 g/mol. The summed E-state index contributed by atoms with van der Waals surface area (Å²) in [6, 6.07) is 13.7. The molecule has 1 aromatic carbocycles. The van der Waals surface area contributed by atoms with Crippen LogP contribution in [0.2, 0.25) is 5.02 Å². The summed E-state index contributed by atoms with van der Waals surface area (Å²) in [6.45, 7) is 0. The van der Waals surface area contributed by atoms with Gasteiger partial charge in [0.1, 0.15) is 17.4 Å². The SMILES string of the molecule is N#Cc1cc2c(n(-c3ccc(Cl)cc3)c1=O)CC(c1ccco1)CC2=O. The Morgan fingerprint density at radius 2 is 1.92 bits per heavy atom. The summed E-state index contributed by atoms with van der Waals surface area (Å²) in [4.78, 5) is 25.6. The van der Waals surface area contributed by atoms with Crippen molar-refractivity contribution >= 4 is 17.4 Å². The highest BCUT2D eigenvalue weighted by Gasteiger charge is 2.31. The Labute approximate surface area is 154 Å². The van der Waals surface area contributed by atoms with Crippen molar-refractivity contribution in [3.05, 3.63) is 86.7 Å². The summed E-state index contributed by atoms with van der Waals surface area (Å²) in [5.41, 5.74) is 1.08. The monoisotopic (exact) mass is 364 g/mol. The van der Waals surface area contributed by atoms with E-state index in [1.54, 1.807) is 36.6 Å². The first-order valence-electron chi connectivity index (χ1n) is 8.10. The van der Waals surface area contributed by atoms with Crippen LogP contribution in [0.15, 0.2) is 57.9 Å². The van der Waals surface area contributed by atoms with E-state index in [9.17, 15) is 14.9 Å². The molecule has 4 rings (SSSR count). The fourth-order valence-electron chi connectivity index (χ4n) is 3.40. The number of pyridine rings is 1. The van der Waals surface area contributed by atoms with E-state index in [1.165, 1.54) is 10.6 Å². The number of carbonyl (C=O) groups is 1. The molecule has 1 aliphatic carbocycles. The van der Waals surface area contributed by atoms with Crippen LogP contribution in [-0.4, -0.2) is 10.4 Å². The van der Waals surface area contributed by atoms with Crippen LogP contribution < -0.4 is 5.56 Å². The molecule has 26 heavy (non-hydrogen) atoms. The Balaban J connectivity index is 1.95. The summed E-state index contributed by atoms with van der Waals surface area (Å²) in [6.07, 6.45) is 2.32. The summed E-state index contributed by atoms with van der Waals surface area (Å²) < 4.78 is 6.91. The standard InChI is InChI=1S/C20H13ClN2O3/c21-14-3-5-15(6-4-14)23-17-9-12(19-2-1-7-26-19)10-18(24)16(17)8-13(11-22)20(23)25/h1-8,12H,9-10H2. The second-order valence-electron chi connectivity index (χ2n) is 6.19. The maximum absolute atomic E-state index is 12.8. The van der Waals surface area contributed by atoms with Gasteiger partial charge in [-0.15, -0.1) is 0 Å². The van der Waals surface area contributed by atoms with E-state index in [4.69, 9.17) is 16.0 Å². The van der Waals surface area contributed by atoms with Crippen molar-refractivity contribution < 1.29 is 9.21 Å². The smallest absolute Gasteiger partial charge is 0.273 e. The highest BCUT2D eigenvalue weighted by atomic mass is 35.5. The Morgan fingerprint density at radius 1 is 1.15 bits per heavy atom. The van der Waals surface area contributed by atoms with E-state index in [0.717, 1.165) is 0 Å². The van der Waals surface area contributed by atoms with Gasteiger partial charge in [-0.1, -0.05) is 11.6 Å². The molecule has 6 heteroatoms. The number of aromatic nitrogens is 1. The van der Waals surface area contributed by atoms with Crippen LogP contribution in [-0.2, 0) is 6.42 Å². The predicted molar refractivity (Wildman–Crippen MR) is 95.9 cm³/mol. The molecule has 0 saturated heterocycles. The Kier molecular flexibility index (Phi) is 3.98. The number of furan rings is 1. The number of rotatable bonds is 2. The van der Waals surface area contributed by atoms with Crippen LogP contribution in [0.1, 0.15) is 39.7 Å². The maximum atomic E-state index is 12.8. The highest BCUT2D eigenvalue weighted by Crippen LogP contribution is 2.33. The third-order valence-corrected chi connectivity index (χ3v) is 4.88. The van der Waals surface area contributed by atoms with E-state index < -0.39 is 5.56 Å². The molecule has 3 aromatic rings. The molecule has 2 aromatic heterocycles. The van der Waals surface area contributed by atoms with Gasteiger partial charge in [0.25, 0.3) is 5.56 Å². The summed E-state index contributed by atoms with van der Waals surface area (Å²) in [7, 11) is 0. The molecule has 2 heterocycles. The lowest BCUT2D eigenvalue weighted by molar-refractivity contribution is 0.0958. The van der Waals surface area contributed by atoms with Gasteiger partial charge in [-0.25, -0.2) is 0 Å². The highest BCUT2D eigenvalue weighted by molar-refractivity contribution is 6.30. The maximum Gasteiger partial charge on any atom is 0.273 e. The van der Waals surface area contributed by atoms with Crippen molar-refractivity contribution in [1.29, 1.82) is 5.26 Å². The van der Waals surface area contributed by atoms with Crippen LogP contribution in [0.5, 0.6) is 0 Å². The predicted octanol–water partition coefficient (Wildman–Crippen LogP) is 3.87. The van der Waals surface area contributed by atoms with Gasteiger partial charge in [0.2, 0.25) is 0 Å². The average molecular weight is 365 g/mol. The molecule has 0 bridgehead atoms. The second-order valence-corrected chi connectivity index (χ2v) is 6.63. The zero-order chi connectivity index (χ0) is 18.3. The minimum atomic E-state index is -0.443. The van der Waals surface area contributed by atoms with Crippen molar-refractivity contribution in [2.75, 3.05) is 0 Å².